The van der Waals surface area contributed by atoms with E-state index >= 15 is 0 Å². The Labute approximate surface area is 80.9 Å². The molecule has 1 aliphatic rings. The van der Waals surface area contributed by atoms with Crippen LogP contribution in [0.15, 0.2) is 0 Å². The Morgan fingerprint density at radius 3 is 2.64 bits per heavy atom. The second-order valence-electron chi connectivity index (χ2n) is 3.67. The van der Waals surface area contributed by atoms with Crippen LogP contribution in [0.5, 0.6) is 0 Å². The fraction of sp³-hybridized carbons (Fsp3) is 0.889. The van der Waals surface area contributed by atoms with E-state index in [9.17, 15) is 18.0 Å². The molecule has 0 unspecified atom stereocenters. The lowest BCUT2D eigenvalue weighted by molar-refractivity contribution is -0.172. The van der Waals surface area contributed by atoms with Gasteiger partial charge in [0.2, 0.25) is 5.78 Å². The minimum atomic E-state index is -4.65. The van der Waals surface area contributed by atoms with Crippen molar-refractivity contribution in [2.24, 2.45) is 5.92 Å². The van der Waals surface area contributed by atoms with E-state index < -0.39 is 12.0 Å². The molecule has 1 rings (SSSR count). The summed E-state index contributed by atoms with van der Waals surface area (Å²) >= 11 is 0. The van der Waals surface area contributed by atoms with Crippen LogP contribution in [0.25, 0.3) is 0 Å². The van der Waals surface area contributed by atoms with Crippen LogP contribution < -0.4 is 5.32 Å². The first-order chi connectivity index (χ1) is 6.50. The monoisotopic (exact) mass is 209 g/mol. The van der Waals surface area contributed by atoms with Crippen molar-refractivity contribution >= 4 is 5.78 Å². The normalized spacial score (nSPS) is 24.4. The van der Waals surface area contributed by atoms with Crippen molar-refractivity contribution < 1.29 is 18.0 Å². The summed E-state index contributed by atoms with van der Waals surface area (Å²) in [4.78, 5) is 10.7. The molecule has 0 aliphatic carbocycles. The van der Waals surface area contributed by atoms with Crippen LogP contribution in [0.4, 0.5) is 13.2 Å². The largest absolute Gasteiger partial charge is 0.449 e. The maximum atomic E-state index is 11.9. The number of carbonyl (C=O) groups excluding carboxylic acids is 1. The van der Waals surface area contributed by atoms with E-state index in [4.69, 9.17) is 0 Å². The number of carbonyl (C=O) groups is 1. The Bertz CT molecular complexity index is 195. The van der Waals surface area contributed by atoms with Crippen LogP contribution in [0.2, 0.25) is 0 Å². The van der Waals surface area contributed by atoms with E-state index in [0.29, 0.717) is 6.42 Å². The van der Waals surface area contributed by atoms with Crippen molar-refractivity contribution in [3.8, 4) is 0 Å². The highest BCUT2D eigenvalue weighted by atomic mass is 19.4. The molecule has 0 aromatic heterocycles. The SMILES string of the molecule is O=C(C[C@@H]1CCCNCC1)C(F)(F)F. The molecule has 0 radical (unpaired) electrons. The fourth-order valence-electron chi connectivity index (χ4n) is 1.67. The van der Waals surface area contributed by atoms with Crippen LogP contribution in [-0.2, 0) is 4.79 Å². The zero-order valence-electron chi connectivity index (χ0n) is 7.86. The van der Waals surface area contributed by atoms with E-state index in [1.54, 1.807) is 0 Å². The average Bonchev–Trinajstić information content (AvgIpc) is 2.31. The average molecular weight is 209 g/mol. The molecule has 5 heteroatoms. The summed E-state index contributed by atoms with van der Waals surface area (Å²) in [6, 6.07) is 0. The van der Waals surface area contributed by atoms with E-state index in [0.717, 1.165) is 25.9 Å². The van der Waals surface area contributed by atoms with Gasteiger partial charge in [0, 0.05) is 6.42 Å². The first-order valence-electron chi connectivity index (χ1n) is 4.81. The van der Waals surface area contributed by atoms with Gasteiger partial charge in [0.25, 0.3) is 0 Å². The van der Waals surface area contributed by atoms with Crippen molar-refractivity contribution in [2.45, 2.75) is 31.9 Å². The van der Waals surface area contributed by atoms with Gasteiger partial charge in [0.15, 0.2) is 0 Å². The molecular formula is C9H14F3NO. The third kappa shape index (κ3) is 3.65. The summed E-state index contributed by atoms with van der Waals surface area (Å²) in [6.45, 7) is 1.56. The summed E-state index contributed by atoms with van der Waals surface area (Å²) in [7, 11) is 0. The maximum absolute atomic E-state index is 11.9. The third-order valence-electron chi connectivity index (χ3n) is 2.49. The first kappa shape index (κ1) is 11.5. The molecule has 82 valence electrons. The first-order valence-corrected chi connectivity index (χ1v) is 4.81. The summed E-state index contributed by atoms with van der Waals surface area (Å²) < 4.78 is 35.8. The predicted octanol–water partition coefficient (Wildman–Crippen LogP) is 1.90. The maximum Gasteiger partial charge on any atom is 0.449 e. The minimum Gasteiger partial charge on any atom is -0.317 e. The predicted molar refractivity (Wildman–Crippen MR) is 45.9 cm³/mol. The number of ketones is 1. The van der Waals surface area contributed by atoms with Crippen LogP contribution in [0, 0.1) is 5.92 Å². The summed E-state index contributed by atoms with van der Waals surface area (Å²) in [5.74, 6) is -1.68. The molecule has 0 bridgehead atoms. The topological polar surface area (TPSA) is 29.1 Å². The zero-order valence-corrected chi connectivity index (χ0v) is 7.86. The third-order valence-corrected chi connectivity index (χ3v) is 2.49. The number of rotatable bonds is 2. The van der Waals surface area contributed by atoms with Crippen LogP contribution in [-0.4, -0.2) is 25.0 Å². The molecule has 1 heterocycles. The highest BCUT2D eigenvalue weighted by Crippen LogP contribution is 2.24. The van der Waals surface area contributed by atoms with Gasteiger partial charge in [-0.15, -0.1) is 0 Å². The molecule has 0 saturated carbocycles. The number of nitrogens with one attached hydrogen (secondary N) is 1. The van der Waals surface area contributed by atoms with Gasteiger partial charge >= 0.3 is 6.18 Å². The number of alkyl halides is 3. The van der Waals surface area contributed by atoms with Crippen LogP contribution >= 0.6 is 0 Å². The highest BCUT2D eigenvalue weighted by molar-refractivity contribution is 5.84. The molecule has 0 aromatic carbocycles. The Morgan fingerprint density at radius 1 is 1.29 bits per heavy atom. The number of Topliss-reactive ketones (excluding diaryl/α,β-unsaturated/α-hetero) is 1. The summed E-state index contributed by atoms with van der Waals surface area (Å²) in [5, 5.41) is 3.10. The Balaban J connectivity index is 2.38. The Kier molecular flexibility index (Phi) is 3.92. The standard InChI is InChI=1S/C9H14F3NO/c10-9(11,12)8(14)6-7-2-1-4-13-5-3-7/h7,13H,1-6H2/t7-/m1/s1. The van der Waals surface area contributed by atoms with Gasteiger partial charge in [0.1, 0.15) is 0 Å². The van der Waals surface area contributed by atoms with E-state index in [2.05, 4.69) is 5.32 Å². The molecule has 1 aliphatic heterocycles. The molecule has 14 heavy (non-hydrogen) atoms. The second kappa shape index (κ2) is 4.77. The Morgan fingerprint density at radius 2 is 2.00 bits per heavy atom. The van der Waals surface area contributed by atoms with Crippen molar-refractivity contribution in [2.75, 3.05) is 13.1 Å². The molecule has 0 spiro atoms. The van der Waals surface area contributed by atoms with Gasteiger partial charge in [-0.2, -0.15) is 13.2 Å². The number of hydrogen-bond acceptors (Lipinski definition) is 2. The zero-order chi connectivity index (χ0) is 10.6. The lowest BCUT2D eigenvalue weighted by Gasteiger charge is -2.13. The molecule has 1 N–H and O–H groups in total. The van der Waals surface area contributed by atoms with Crippen molar-refractivity contribution in [1.29, 1.82) is 0 Å². The molecule has 1 fully saturated rings. The molecule has 1 saturated heterocycles. The van der Waals surface area contributed by atoms with E-state index in [-0.39, 0.29) is 12.3 Å². The van der Waals surface area contributed by atoms with Crippen LogP contribution in [0.1, 0.15) is 25.7 Å². The highest BCUT2D eigenvalue weighted by Gasteiger charge is 2.38. The van der Waals surface area contributed by atoms with Gasteiger partial charge in [-0.05, 0) is 38.3 Å². The van der Waals surface area contributed by atoms with E-state index in [1.807, 2.05) is 0 Å². The molecule has 0 amide bonds. The number of hydrogen-bond donors (Lipinski definition) is 1. The van der Waals surface area contributed by atoms with Gasteiger partial charge in [-0.1, -0.05) is 0 Å². The second-order valence-corrected chi connectivity index (χ2v) is 3.67. The molecule has 0 aromatic rings. The fourth-order valence-corrected chi connectivity index (χ4v) is 1.67. The van der Waals surface area contributed by atoms with Gasteiger partial charge < -0.3 is 5.32 Å². The van der Waals surface area contributed by atoms with Crippen molar-refractivity contribution in [1.82, 2.24) is 5.32 Å². The van der Waals surface area contributed by atoms with Crippen molar-refractivity contribution in [3.05, 3.63) is 0 Å². The summed E-state index contributed by atoms with van der Waals surface area (Å²) in [6.07, 6.45) is -2.75. The van der Waals surface area contributed by atoms with Crippen molar-refractivity contribution in [3.63, 3.8) is 0 Å². The molecule has 1 atom stereocenters. The lowest BCUT2D eigenvalue weighted by Crippen LogP contribution is -2.25. The summed E-state index contributed by atoms with van der Waals surface area (Å²) in [5.41, 5.74) is 0. The number of halogens is 3. The van der Waals surface area contributed by atoms with E-state index in [1.165, 1.54) is 0 Å². The molecule has 2 nitrogen and oxygen atoms in total. The minimum absolute atomic E-state index is 0.0980. The Hall–Kier alpha value is -0.580. The van der Waals surface area contributed by atoms with Gasteiger partial charge in [-0.25, -0.2) is 0 Å². The smallest absolute Gasteiger partial charge is 0.317 e. The van der Waals surface area contributed by atoms with Gasteiger partial charge in [-0.3, -0.25) is 4.79 Å². The van der Waals surface area contributed by atoms with Gasteiger partial charge in [0.05, 0.1) is 0 Å². The molecular weight excluding hydrogens is 195 g/mol. The quantitative estimate of drug-likeness (QED) is 0.752. The van der Waals surface area contributed by atoms with Crippen LogP contribution in [0.3, 0.4) is 0 Å². The lowest BCUT2D eigenvalue weighted by atomic mass is 9.94.